The van der Waals surface area contributed by atoms with Crippen molar-refractivity contribution in [3.8, 4) is 58.7 Å². The van der Waals surface area contributed by atoms with Gasteiger partial charge >= 0.3 is 49.6 Å². The quantitative estimate of drug-likeness (QED) is 0.0521. The summed E-state index contributed by atoms with van der Waals surface area (Å²) in [6.45, 7) is 42.8. The average Bonchev–Trinajstić information content (AvgIpc) is 0.754. The van der Waals surface area contributed by atoms with E-state index in [4.69, 9.17) is 118 Å². The van der Waals surface area contributed by atoms with E-state index in [9.17, 15) is 59.2 Å². The molecule has 0 unspecified atom stereocenters. The van der Waals surface area contributed by atoms with Crippen LogP contribution in [-0.2, 0) is 23.6 Å². The third kappa shape index (κ3) is 16.0. The Balaban J connectivity index is -0.000000731. The van der Waals surface area contributed by atoms with E-state index in [2.05, 4.69) is 29.1 Å². The van der Waals surface area contributed by atoms with Gasteiger partial charge in [0, 0.05) is 38.9 Å². The molecule has 0 heterocycles. The van der Waals surface area contributed by atoms with Gasteiger partial charge in [-0.05, 0) is 91.9 Å². The molecule has 0 atom stereocenters. The number of nitriles is 6. The Labute approximate surface area is 564 Å². The molecular weight excluding hydrogens is 1370 g/mol. The monoisotopic (exact) mass is 1420 g/mol. The number of ketones is 1. The van der Waals surface area contributed by atoms with E-state index >= 15 is 8.78 Å². The van der Waals surface area contributed by atoms with Crippen LogP contribution in [0.3, 0.4) is 0 Å². The van der Waals surface area contributed by atoms with Crippen LogP contribution in [0.15, 0.2) is 108 Å². The first-order valence-electron chi connectivity index (χ1n) is 31.5. The SMILES string of the molecule is [2HH].[2H][2H].[2H][2H].[2H][2H].[2H][2H].[2H][2H].[2H][2H].[2H][2H].[C-]#[N+]/C(C#N)=C1\C=C(c2ccc([N+]#[C-])c(F)c2)C(=O)C=C1c1ccc(C#N)c(F)c1.[C-]#[N+]/C(c1c(F)c(F)c(C#N)c(F)c1F)=c1/cc(-c2ccc(C#N)c(F)c2)/c(=C(\C#N)[N+]#[C-])cc1-c1ccc([N+]#[C-])c(F)c1.[C-]#[N+]c1c(F)c(F)c(CC#N)c(F)c1F.[Cl][Ti]([Cl])([Cl])[Cl]. The van der Waals surface area contributed by atoms with Crippen molar-refractivity contribution in [3.05, 3.63) is 296 Å². The van der Waals surface area contributed by atoms with Gasteiger partial charge in [0.15, 0.2) is 52.3 Å². The van der Waals surface area contributed by atoms with Crippen LogP contribution in [0.25, 0.3) is 73.9 Å². The first kappa shape index (κ1) is 62.3. The molecule has 0 bridgehead atoms. The molecule has 1 aliphatic rings. The predicted octanol–water partition coefficient (Wildman–Crippen LogP) is 19.5. The second-order valence-electron chi connectivity index (χ2n) is 17.7. The number of nitrogens with zero attached hydrogens (tertiary/aromatic N) is 12. The third-order valence-electron chi connectivity index (χ3n) is 12.5. The molecule has 0 radical (unpaired) electrons. The Morgan fingerprint density at radius 2 is 0.904 bits per heavy atom. The van der Waals surface area contributed by atoms with Gasteiger partial charge in [0.05, 0.1) is 80.8 Å². The van der Waals surface area contributed by atoms with Crippen LogP contribution in [0.5, 0.6) is 0 Å². The van der Waals surface area contributed by atoms with Gasteiger partial charge in [-0.25, -0.2) is 92.3 Å². The summed E-state index contributed by atoms with van der Waals surface area (Å²) in [5.74, 6) is -19.5. The Morgan fingerprint density at radius 3 is 1.32 bits per heavy atom. The fraction of sp³-hybridized carbons (Fsp3) is 0.0156. The second-order valence-corrected chi connectivity index (χ2v) is 33.2. The summed E-state index contributed by atoms with van der Waals surface area (Å²) in [5.41, 5.74) is -8.74. The number of carbonyl (C=O) groups is 1. The molecule has 0 spiro atoms. The number of halogens is 16. The molecule has 7 aromatic carbocycles. The first-order valence-corrected chi connectivity index (χ1v) is 33.1. The summed E-state index contributed by atoms with van der Waals surface area (Å²) in [4.78, 5) is 30.5. The third-order valence-corrected chi connectivity index (χ3v) is 12.5. The summed E-state index contributed by atoms with van der Waals surface area (Å²) >= 11 is -3.11. The molecule has 472 valence electrons. The van der Waals surface area contributed by atoms with Crippen LogP contribution in [0.1, 0.15) is 61.2 Å². The number of allylic oxidation sites excluding steroid dienone is 6. The number of hydrogen-bond donors (Lipinski definition) is 0. The van der Waals surface area contributed by atoms with E-state index < -0.39 is 139 Å². The molecular formula is C64H34Cl4F12N12OTi. The molecule has 0 saturated carbocycles. The zero-order valence-corrected chi connectivity index (χ0v) is 50.4. The molecule has 0 saturated heterocycles. The van der Waals surface area contributed by atoms with E-state index in [0.717, 1.165) is 60.7 Å². The van der Waals surface area contributed by atoms with E-state index in [1.165, 1.54) is 48.5 Å². The molecule has 0 N–H and O–H groups in total. The Kier molecular flexibility index (Phi) is 21.0. The van der Waals surface area contributed by atoms with E-state index in [1.807, 2.05) is 0 Å². The van der Waals surface area contributed by atoms with Gasteiger partial charge in [-0.2, -0.15) is 21.0 Å². The van der Waals surface area contributed by atoms with Gasteiger partial charge in [0.1, 0.15) is 47.0 Å². The normalized spacial score (nSPS) is 12.7. The van der Waals surface area contributed by atoms with Gasteiger partial charge < -0.3 is 0 Å². The number of hydrogen-bond acceptors (Lipinski definition) is 7. The molecule has 1 aliphatic carbocycles. The van der Waals surface area contributed by atoms with Crippen LogP contribution in [0.4, 0.5) is 69.7 Å². The van der Waals surface area contributed by atoms with Crippen LogP contribution in [0, 0.1) is 177 Å². The van der Waals surface area contributed by atoms with Crippen LogP contribution >= 0.6 is 37.2 Å². The number of carbonyl (C=O) groups excluding carboxylic acids is 1. The number of rotatable bonds is 6. The van der Waals surface area contributed by atoms with Crippen molar-refractivity contribution in [2.24, 2.45) is 0 Å². The van der Waals surface area contributed by atoms with Crippen molar-refractivity contribution in [1.29, 1.82) is 31.6 Å². The van der Waals surface area contributed by atoms with Crippen LogP contribution in [0.2, 0.25) is 0 Å². The Hall–Kier alpha value is -11.9. The topological polar surface area (TPSA) is 186 Å². The second kappa shape index (κ2) is 31.7. The van der Waals surface area contributed by atoms with E-state index in [1.54, 1.807) is 24.3 Å². The Morgan fingerprint density at radius 1 is 0.479 bits per heavy atom. The van der Waals surface area contributed by atoms with Gasteiger partial charge in [0.25, 0.3) is 17.1 Å². The maximum atomic E-state index is 15.2. The summed E-state index contributed by atoms with van der Waals surface area (Å²) in [6.07, 6.45) is 1.61. The van der Waals surface area contributed by atoms with Crippen LogP contribution < -0.4 is 10.4 Å². The predicted molar refractivity (Wildman–Crippen MR) is 329 cm³/mol. The van der Waals surface area contributed by atoms with E-state index in [0.29, 0.717) is 0 Å². The molecule has 13 nitrogen and oxygen atoms in total. The summed E-state index contributed by atoms with van der Waals surface area (Å²) in [7, 11) is 20.1. The van der Waals surface area contributed by atoms with Crippen molar-refractivity contribution in [2.75, 3.05) is 0 Å². The average molecular weight is 1420 g/mol. The molecule has 0 aromatic heterocycles. The van der Waals surface area contributed by atoms with Crippen molar-refractivity contribution >= 4 is 82.6 Å². The Bertz CT molecular complexity index is 5210. The fourth-order valence-corrected chi connectivity index (χ4v) is 8.26. The van der Waals surface area contributed by atoms with Gasteiger partial charge in [-0.15, -0.1) is 0 Å². The fourth-order valence-electron chi connectivity index (χ4n) is 8.26. The zero-order chi connectivity index (χ0) is 84.2. The summed E-state index contributed by atoms with van der Waals surface area (Å²) in [6, 6.07) is 24.6. The standard InChI is InChI=1S/C32H8F6N6.C23H8F2N4O.C9H2F4N2.4ClH.Ti.8H2/c1-42-25-7-6-16(9-24(25)34)19-10-20(26(14-41)43-2)18(15-4-5-17(12-39)23(33)8-15)11-21(19)32(44-3)27-30(37)28(35)22(13-40)29(36)31(27)38;1-28-21-6-5-14(8-20(21)25)17-9-18(22(12-27)29-2)16(10-23(17)30)13-3-4-15(11-26)19(24)7-13;1-15-9-7(12)5(10)4(2-3-14)6(11)8(9)13;;;;;;;;;;;;;/h4-11H;3-10H;2H2;4*1H;;8*1H/q;;;;;;;+4;;;;;;;;/p-4/b26-20+,32-21-;22-18+;;;;;;;;;;;;;;/i;;;;;;;;7*1+1D;1+1. The molecule has 7 aromatic rings. The maximum absolute atomic E-state index is 15.2. The minimum absolute atomic E-state index is 0. The molecule has 0 fully saturated rings. The van der Waals surface area contributed by atoms with Crippen molar-refractivity contribution in [2.45, 2.75) is 6.42 Å². The first-order chi connectivity index (χ1) is 51.5. The summed E-state index contributed by atoms with van der Waals surface area (Å²) in [5, 5.41) is 53.4. The van der Waals surface area contributed by atoms with Gasteiger partial charge in [0.2, 0.25) is 17.1 Å². The van der Waals surface area contributed by atoms with Gasteiger partial charge in [-0.3, -0.25) is 4.79 Å². The van der Waals surface area contributed by atoms with Crippen molar-refractivity contribution < 1.29 is 92.0 Å². The minimum atomic E-state index is -3.11. The zero-order valence-electron chi connectivity index (χ0n) is 59.8. The molecule has 30 heteroatoms. The van der Waals surface area contributed by atoms with Crippen molar-refractivity contribution in [1.82, 2.24) is 0 Å². The molecule has 8 rings (SSSR count). The van der Waals surface area contributed by atoms with Crippen LogP contribution in [-0.4, -0.2) is 5.78 Å². The van der Waals surface area contributed by atoms with Gasteiger partial charge in [-0.1, -0.05) is 54.6 Å². The molecule has 0 aliphatic heterocycles. The molecule has 0 amide bonds. The molecule has 94 heavy (non-hydrogen) atoms. The van der Waals surface area contributed by atoms with E-state index in [-0.39, 0.29) is 79.3 Å². The van der Waals surface area contributed by atoms with Crippen molar-refractivity contribution in [3.63, 3.8) is 0 Å². The number of benzene rings is 7. The summed E-state index contributed by atoms with van der Waals surface area (Å²) < 4.78 is 239.